The Morgan fingerprint density at radius 1 is 1.24 bits per heavy atom. The SMILES string of the molecule is O=C(CN(CCO)Cc1ccccc1)NC(=O)NC1CC1. The number of carbonyl (C=O) groups is 2. The van der Waals surface area contributed by atoms with Gasteiger partial charge in [0, 0.05) is 19.1 Å². The van der Waals surface area contributed by atoms with Crippen LogP contribution < -0.4 is 10.6 Å². The van der Waals surface area contributed by atoms with Gasteiger partial charge in [-0.1, -0.05) is 30.3 Å². The number of nitrogens with zero attached hydrogens (tertiary/aromatic N) is 1. The summed E-state index contributed by atoms with van der Waals surface area (Å²) < 4.78 is 0. The molecule has 114 valence electrons. The number of hydrogen-bond acceptors (Lipinski definition) is 4. The second-order valence-electron chi connectivity index (χ2n) is 5.22. The van der Waals surface area contributed by atoms with Crippen LogP contribution in [0.15, 0.2) is 30.3 Å². The number of hydrogen-bond donors (Lipinski definition) is 3. The third kappa shape index (κ3) is 5.93. The van der Waals surface area contributed by atoms with E-state index in [1.165, 1.54) is 0 Å². The molecule has 6 heteroatoms. The van der Waals surface area contributed by atoms with Crippen LogP contribution in [0.5, 0.6) is 0 Å². The molecule has 1 saturated carbocycles. The van der Waals surface area contributed by atoms with E-state index in [0.717, 1.165) is 18.4 Å². The summed E-state index contributed by atoms with van der Waals surface area (Å²) in [5.41, 5.74) is 1.06. The molecule has 3 amide bonds. The Morgan fingerprint density at radius 3 is 2.57 bits per heavy atom. The van der Waals surface area contributed by atoms with Crippen molar-refractivity contribution in [2.75, 3.05) is 19.7 Å². The number of urea groups is 1. The van der Waals surface area contributed by atoms with Gasteiger partial charge in [0.15, 0.2) is 0 Å². The molecule has 0 aliphatic heterocycles. The summed E-state index contributed by atoms with van der Waals surface area (Å²) >= 11 is 0. The Hall–Kier alpha value is -1.92. The third-order valence-electron chi connectivity index (χ3n) is 3.20. The molecule has 0 saturated heterocycles. The van der Waals surface area contributed by atoms with E-state index in [9.17, 15) is 9.59 Å². The van der Waals surface area contributed by atoms with Gasteiger partial charge in [-0.15, -0.1) is 0 Å². The number of nitrogens with one attached hydrogen (secondary N) is 2. The predicted molar refractivity (Wildman–Crippen MR) is 78.5 cm³/mol. The van der Waals surface area contributed by atoms with E-state index in [2.05, 4.69) is 10.6 Å². The first-order chi connectivity index (χ1) is 10.2. The van der Waals surface area contributed by atoms with Gasteiger partial charge in [-0.3, -0.25) is 15.0 Å². The Balaban J connectivity index is 1.80. The first-order valence-electron chi connectivity index (χ1n) is 7.15. The molecule has 0 heterocycles. The van der Waals surface area contributed by atoms with Crippen LogP contribution in [-0.4, -0.2) is 47.7 Å². The highest BCUT2D eigenvalue weighted by Gasteiger charge is 2.24. The van der Waals surface area contributed by atoms with Gasteiger partial charge < -0.3 is 10.4 Å². The van der Waals surface area contributed by atoms with Gasteiger partial charge in [0.2, 0.25) is 5.91 Å². The van der Waals surface area contributed by atoms with Crippen molar-refractivity contribution < 1.29 is 14.7 Å². The van der Waals surface area contributed by atoms with Gasteiger partial charge in [-0.05, 0) is 18.4 Å². The summed E-state index contributed by atoms with van der Waals surface area (Å²) in [6, 6.07) is 9.48. The average molecular weight is 291 g/mol. The standard InChI is InChI=1S/C15H21N3O3/c19-9-8-18(10-12-4-2-1-3-5-12)11-14(20)17-15(21)16-13-6-7-13/h1-5,13,19H,6-11H2,(H2,16,17,20,21). The van der Waals surface area contributed by atoms with Crippen molar-refractivity contribution in [3.05, 3.63) is 35.9 Å². The maximum Gasteiger partial charge on any atom is 0.321 e. The average Bonchev–Trinajstić information content (AvgIpc) is 3.23. The zero-order valence-corrected chi connectivity index (χ0v) is 11.9. The predicted octanol–water partition coefficient (Wildman–Crippen LogP) is 0.469. The van der Waals surface area contributed by atoms with Crippen LogP contribution in [0.2, 0.25) is 0 Å². The minimum atomic E-state index is -0.439. The highest BCUT2D eigenvalue weighted by atomic mass is 16.3. The van der Waals surface area contributed by atoms with Crippen molar-refractivity contribution in [3.63, 3.8) is 0 Å². The molecule has 0 aromatic heterocycles. The number of amides is 3. The van der Waals surface area contributed by atoms with Gasteiger partial charge in [0.1, 0.15) is 0 Å². The summed E-state index contributed by atoms with van der Waals surface area (Å²) in [4.78, 5) is 25.1. The minimum Gasteiger partial charge on any atom is -0.395 e. The van der Waals surface area contributed by atoms with E-state index in [4.69, 9.17) is 5.11 Å². The molecular formula is C15H21N3O3. The summed E-state index contributed by atoms with van der Waals surface area (Å²) in [7, 11) is 0. The number of rotatable bonds is 7. The number of imide groups is 1. The molecule has 3 N–H and O–H groups in total. The lowest BCUT2D eigenvalue weighted by Gasteiger charge is -2.20. The largest absolute Gasteiger partial charge is 0.395 e. The van der Waals surface area contributed by atoms with Gasteiger partial charge >= 0.3 is 6.03 Å². The molecular weight excluding hydrogens is 270 g/mol. The molecule has 1 aliphatic rings. The van der Waals surface area contributed by atoms with Crippen LogP contribution in [0.25, 0.3) is 0 Å². The van der Waals surface area contributed by atoms with Crippen LogP contribution in [0.3, 0.4) is 0 Å². The maximum absolute atomic E-state index is 11.8. The normalized spacial score (nSPS) is 14.0. The van der Waals surface area contributed by atoms with Crippen LogP contribution in [-0.2, 0) is 11.3 Å². The van der Waals surface area contributed by atoms with Crippen molar-refractivity contribution in [1.82, 2.24) is 15.5 Å². The summed E-state index contributed by atoms with van der Waals surface area (Å²) in [6.45, 7) is 0.980. The van der Waals surface area contributed by atoms with Crippen LogP contribution in [0.4, 0.5) is 4.79 Å². The molecule has 1 aromatic carbocycles. The van der Waals surface area contributed by atoms with Crippen molar-refractivity contribution in [2.24, 2.45) is 0 Å². The van der Waals surface area contributed by atoms with Crippen molar-refractivity contribution >= 4 is 11.9 Å². The maximum atomic E-state index is 11.8. The summed E-state index contributed by atoms with van der Waals surface area (Å²) in [5, 5.41) is 14.1. The minimum absolute atomic E-state index is 0.0333. The first kappa shape index (κ1) is 15.5. The zero-order chi connectivity index (χ0) is 15.1. The van der Waals surface area contributed by atoms with Crippen LogP contribution >= 0.6 is 0 Å². The molecule has 0 atom stereocenters. The van der Waals surface area contributed by atoms with E-state index >= 15 is 0 Å². The van der Waals surface area contributed by atoms with E-state index in [0.29, 0.717) is 13.1 Å². The number of benzene rings is 1. The quantitative estimate of drug-likeness (QED) is 0.682. The van der Waals surface area contributed by atoms with E-state index in [-0.39, 0.29) is 25.1 Å². The van der Waals surface area contributed by atoms with Crippen molar-refractivity contribution in [2.45, 2.75) is 25.4 Å². The van der Waals surface area contributed by atoms with Crippen LogP contribution in [0.1, 0.15) is 18.4 Å². The highest BCUT2D eigenvalue weighted by molar-refractivity contribution is 5.95. The van der Waals surface area contributed by atoms with E-state index in [1.807, 2.05) is 30.3 Å². The second kappa shape index (κ2) is 7.75. The van der Waals surface area contributed by atoms with Gasteiger partial charge in [0.05, 0.1) is 13.2 Å². The van der Waals surface area contributed by atoms with Gasteiger partial charge in [-0.2, -0.15) is 0 Å². The lowest BCUT2D eigenvalue weighted by atomic mass is 10.2. The number of aliphatic hydroxyl groups is 1. The molecule has 6 nitrogen and oxygen atoms in total. The summed E-state index contributed by atoms with van der Waals surface area (Å²) in [6.07, 6.45) is 1.96. The Bertz CT molecular complexity index is 474. The molecule has 1 aromatic rings. The zero-order valence-electron chi connectivity index (χ0n) is 11.9. The van der Waals surface area contributed by atoms with Crippen LogP contribution in [0, 0.1) is 0 Å². The lowest BCUT2D eigenvalue weighted by Crippen LogP contribution is -2.45. The fourth-order valence-corrected chi connectivity index (χ4v) is 2.02. The van der Waals surface area contributed by atoms with Crippen molar-refractivity contribution in [1.29, 1.82) is 0 Å². The summed E-state index contributed by atoms with van der Waals surface area (Å²) in [5.74, 6) is -0.363. The van der Waals surface area contributed by atoms with Crippen molar-refractivity contribution in [3.8, 4) is 0 Å². The molecule has 0 spiro atoms. The first-order valence-corrected chi connectivity index (χ1v) is 7.15. The molecule has 1 fully saturated rings. The lowest BCUT2D eigenvalue weighted by molar-refractivity contribution is -0.121. The molecule has 2 rings (SSSR count). The smallest absolute Gasteiger partial charge is 0.321 e. The molecule has 1 aliphatic carbocycles. The Labute approximate surface area is 124 Å². The highest BCUT2D eigenvalue weighted by Crippen LogP contribution is 2.18. The third-order valence-corrected chi connectivity index (χ3v) is 3.20. The Morgan fingerprint density at radius 2 is 1.95 bits per heavy atom. The molecule has 0 bridgehead atoms. The van der Waals surface area contributed by atoms with Gasteiger partial charge in [0.25, 0.3) is 0 Å². The second-order valence-corrected chi connectivity index (χ2v) is 5.22. The fourth-order valence-electron chi connectivity index (χ4n) is 2.02. The topological polar surface area (TPSA) is 81.7 Å². The molecule has 0 unspecified atom stereocenters. The molecule has 0 radical (unpaired) electrons. The number of aliphatic hydroxyl groups excluding tert-OH is 1. The molecule has 21 heavy (non-hydrogen) atoms. The fraction of sp³-hybridized carbons (Fsp3) is 0.467. The Kier molecular flexibility index (Phi) is 5.71. The number of carbonyl (C=O) groups excluding carboxylic acids is 2. The monoisotopic (exact) mass is 291 g/mol. The van der Waals surface area contributed by atoms with Gasteiger partial charge in [-0.25, -0.2) is 4.79 Å². The van der Waals surface area contributed by atoms with E-state index < -0.39 is 6.03 Å². The van der Waals surface area contributed by atoms with E-state index in [1.54, 1.807) is 4.90 Å².